The number of nitrogens with zero attached hydrogens (tertiary/aromatic N) is 2. The SMILES string of the molecule is COC1(c2noc(C3CC4CCC3N4)n2)CCCC1. The second kappa shape index (κ2) is 4.28. The highest BCUT2D eigenvalue weighted by Gasteiger charge is 2.45. The fraction of sp³-hybridized carbons (Fsp3) is 0.857. The number of ether oxygens (including phenoxy) is 1. The molecular weight excluding hydrogens is 242 g/mol. The van der Waals surface area contributed by atoms with Crippen LogP contribution < -0.4 is 5.32 Å². The van der Waals surface area contributed by atoms with Crippen LogP contribution in [-0.4, -0.2) is 29.3 Å². The minimum Gasteiger partial charge on any atom is -0.370 e. The van der Waals surface area contributed by atoms with Crippen molar-refractivity contribution in [2.24, 2.45) is 0 Å². The maximum atomic E-state index is 5.72. The monoisotopic (exact) mass is 263 g/mol. The lowest BCUT2D eigenvalue weighted by Crippen LogP contribution is -2.26. The van der Waals surface area contributed by atoms with E-state index in [9.17, 15) is 0 Å². The summed E-state index contributed by atoms with van der Waals surface area (Å²) in [6.07, 6.45) is 8.08. The van der Waals surface area contributed by atoms with E-state index >= 15 is 0 Å². The largest absolute Gasteiger partial charge is 0.370 e. The Balaban J connectivity index is 1.59. The lowest BCUT2D eigenvalue weighted by Gasteiger charge is -2.22. The Kier molecular flexibility index (Phi) is 2.67. The minimum atomic E-state index is -0.285. The van der Waals surface area contributed by atoms with Gasteiger partial charge >= 0.3 is 0 Å². The van der Waals surface area contributed by atoms with Crippen LogP contribution in [0.25, 0.3) is 0 Å². The average Bonchev–Trinajstić information content (AvgIpc) is 3.20. The summed E-state index contributed by atoms with van der Waals surface area (Å²) in [5.74, 6) is 2.00. The smallest absolute Gasteiger partial charge is 0.231 e. The van der Waals surface area contributed by atoms with Crippen molar-refractivity contribution in [1.29, 1.82) is 0 Å². The molecule has 0 spiro atoms. The Labute approximate surface area is 113 Å². The van der Waals surface area contributed by atoms with Gasteiger partial charge in [-0.15, -0.1) is 0 Å². The van der Waals surface area contributed by atoms with E-state index in [0.717, 1.165) is 31.0 Å². The van der Waals surface area contributed by atoms with E-state index in [0.29, 0.717) is 18.0 Å². The van der Waals surface area contributed by atoms with Crippen molar-refractivity contribution in [3.05, 3.63) is 11.7 Å². The molecule has 19 heavy (non-hydrogen) atoms. The topological polar surface area (TPSA) is 60.2 Å². The van der Waals surface area contributed by atoms with Gasteiger partial charge in [0.25, 0.3) is 0 Å². The average molecular weight is 263 g/mol. The number of hydrogen-bond acceptors (Lipinski definition) is 5. The fourth-order valence-electron chi connectivity index (χ4n) is 4.13. The summed E-state index contributed by atoms with van der Waals surface area (Å²) in [6.45, 7) is 0. The molecule has 2 bridgehead atoms. The molecule has 3 aliphatic rings. The molecule has 5 heteroatoms. The Morgan fingerprint density at radius 2 is 2.16 bits per heavy atom. The molecule has 3 heterocycles. The van der Waals surface area contributed by atoms with E-state index in [-0.39, 0.29) is 5.60 Å². The van der Waals surface area contributed by atoms with Crippen LogP contribution in [0.15, 0.2) is 4.52 Å². The highest BCUT2D eigenvalue weighted by Crippen LogP contribution is 2.43. The van der Waals surface area contributed by atoms with Gasteiger partial charge in [0.05, 0.1) is 5.92 Å². The van der Waals surface area contributed by atoms with Crippen LogP contribution in [-0.2, 0) is 10.3 Å². The minimum absolute atomic E-state index is 0.285. The first-order chi connectivity index (χ1) is 9.31. The maximum absolute atomic E-state index is 5.72. The molecule has 0 radical (unpaired) electrons. The second-order valence-corrected chi connectivity index (χ2v) is 6.25. The van der Waals surface area contributed by atoms with Crippen molar-refractivity contribution in [3.63, 3.8) is 0 Å². The molecule has 0 aromatic carbocycles. The Morgan fingerprint density at radius 3 is 2.79 bits per heavy atom. The summed E-state index contributed by atoms with van der Waals surface area (Å²) in [4.78, 5) is 4.69. The lowest BCUT2D eigenvalue weighted by molar-refractivity contribution is -0.0178. The van der Waals surface area contributed by atoms with Crippen molar-refractivity contribution >= 4 is 0 Å². The molecule has 2 aliphatic heterocycles. The van der Waals surface area contributed by atoms with Gasteiger partial charge < -0.3 is 14.6 Å². The Morgan fingerprint density at radius 1 is 1.32 bits per heavy atom. The molecular formula is C14H21N3O2. The van der Waals surface area contributed by atoms with Crippen molar-refractivity contribution in [1.82, 2.24) is 15.5 Å². The summed E-state index contributed by atoms with van der Waals surface area (Å²) in [7, 11) is 1.76. The maximum Gasteiger partial charge on any atom is 0.231 e. The second-order valence-electron chi connectivity index (χ2n) is 6.25. The number of methoxy groups -OCH3 is 1. The number of rotatable bonds is 3. The molecule has 5 nitrogen and oxygen atoms in total. The molecule has 3 unspecified atom stereocenters. The van der Waals surface area contributed by atoms with Gasteiger partial charge in [0.1, 0.15) is 5.60 Å². The molecule has 4 rings (SSSR count). The first-order valence-corrected chi connectivity index (χ1v) is 7.46. The van der Waals surface area contributed by atoms with Crippen LogP contribution >= 0.6 is 0 Å². The van der Waals surface area contributed by atoms with Crippen LogP contribution in [0.3, 0.4) is 0 Å². The predicted octanol–water partition coefficient (Wildman–Crippen LogP) is 2.09. The summed E-state index contributed by atoms with van der Waals surface area (Å²) >= 11 is 0. The van der Waals surface area contributed by atoms with Gasteiger partial charge in [0, 0.05) is 19.2 Å². The molecule has 1 aromatic heterocycles. The number of hydrogen-bond donors (Lipinski definition) is 1. The standard InChI is InChI=1S/C14H21N3O2/c1-18-14(6-2-3-7-14)13-16-12(19-17-13)10-8-9-4-5-11(10)15-9/h9-11,15H,2-8H2,1H3. The summed E-state index contributed by atoms with van der Waals surface area (Å²) in [5.41, 5.74) is -0.285. The van der Waals surface area contributed by atoms with Gasteiger partial charge in [0.2, 0.25) is 11.7 Å². The zero-order valence-corrected chi connectivity index (χ0v) is 11.4. The summed E-state index contributed by atoms with van der Waals surface area (Å²) < 4.78 is 11.3. The van der Waals surface area contributed by atoms with E-state index in [1.165, 1.54) is 25.7 Å². The van der Waals surface area contributed by atoms with E-state index in [4.69, 9.17) is 14.2 Å². The van der Waals surface area contributed by atoms with E-state index < -0.39 is 0 Å². The molecule has 1 aliphatic carbocycles. The molecule has 1 aromatic rings. The number of aromatic nitrogens is 2. The Bertz CT molecular complexity index is 467. The summed E-state index contributed by atoms with van der Waals surface area (Å²) in [6, 6.07) is 1.20. The lowest BCUT2D eigenvalue weighted by atomic mass is 9.89. The summed E-state index contributed by atoms with van der Waals surface area (Å²) in [5, 5.41) is 7.85. The van der Waals surface area contributed by atoms with Gasteiger partial charge in [-0.2, -0.15) is 4.98 Å². The van der Waals surface area contributed by atoms with Gasteiger partial charge in [-0.05, 0) is 44.9 Å². The van der Waals surface area contributed by atoms with Gasteiger partial charge in [-0.3, -0.25) is 0 Å². The van der Waals surface area contributed by atoms with Gasteiger partial charge in [-0.1, -0.05) is 5.16 Å². The predicted molar refractivity (Wildman–Crippen MR) is 68.8 cm³/mol. The third-order valence-electron chi connectivity index (χ3n) is 5.27. The molecule has 1 saturated carbocycles. The van der Waals surface area contributed by atoms with Crippen LogP contribution in [0.2, 0.25) is 0 Å². The fourth-order valence-corrected chi connectivity index (χ4v) is 4.13. The zero-order valence-electron chi connectivity index (χ0n) is 11.4. The van der Waals surface area contributed by atoms with E-state index in [1.807, 2.05) is 0 Å². The first-order valence-electron chi connectivity index (χ1n) is 7.46. The highest BCUT2D eigenvalue weighted by molar-refractivity contribution is 5.12. The molecule has 1 N–H and O–H groups in total. The molecule has 2 saturated heterocycles. The normalized spacial score (nSPS) is 36.2. The van der Waals surface area contributed by atoms with Gasteiger partial charge in [-0.25, -0.2) is 0 Å². The highest BCUT2D eigenvalue weighted by atomic mass is 16.5. The molecule has 0 amide bonds. The number of nitrogens with one attached hydrogen (secondary N) is 1. The first kappa shape index (κ1) is 11.9. The Hall–Kier alpha value is -0.940. The van der Waals surface area contributed by atoms with Crippen LogP contribution in [0.5, 0.6) is 0 Å². The van der Waals surface area contributed by atoms with Gasteiger partial charge in [0.15, 0.2) is 0 Å². The molecule has 3 fully saturated rings. The van der Waals surface area contributed by atoms with Crippen LogP contribution in [0, 0.1) is 0 Å². The van der Waals surface area contributed by atoms with E-state index in [2.05, 4.69) is 10.5 Å². The van der Waals surface area contributed by atoms with Crippen molar-refractivity contribution < 1.29 is 9.26 Å². The third kappa shape index (κ3) is 1.75. The van der Waals surface area contributed by atoms with Crippen molar-refractivity contribution in [3.8, 4) is 0 Å². The van der Waals surface area contributed by atoms with Crippen LogP contribution in [0.1, 0.15) is 62.6 Å². The zero-order chi connectivity index (χ0) is 12.9. The number of fused-ring (bicyclic) bond motifs is 2. The quantitative estimate of drug-likeness (QED) is 0.905. The van der Waals surface area contributed by atoms with E-state index in [1.54, 1.807) is 7.11 Å². The van der Waals surface area contributed by atoms with Crippen molar-refractivity contribution in [2.75, 3.05) is 7.11 Å². The van der Waals surface area contributed by atoms with Crippen LogP contribution in [0.4, 0.5) is 0 Å². The van der Waals surface area contributed by atoms with Crippen molar-refractivity contribution in [2.45, 2.75) is 68.5 Å². The molecule has 104 valence electrons. The third-order valence-corrected chi connectivity index (χ3v) is 5.27. The molecule has 3 atom stereocenters.